The summed E-state index contributed by atoms with van der Waals surface area (Å²) in [4.78, 5) is 99.3. The number of benzene rings is 2. The molecule has 1 aliphatic heterocycles. The fraction of sp³-hybridized carbons (Fsp3) is 0.524. The Hall–Kier alpha value is -5.49. The van der Waals surface area contributed by atoms with E-state index >= 15 is 0 Å². The lowest BCUT2D eigenvalue weighted by Crippen LogP contribution is -2.65. The number of thioether (sulfide) groups is 1. The van der Waals surface area contributed by atoms with Gasteiger partial charge in [0.25, 0.3) is 0 Å². The highest BCUT2D eigenvalue weighted by Crippen LogP contribution is 2.44. The molecule has 0 radical (unpaired) electrons. The summed E-state index contributed by atoms with van der Waals surface area (Å²) in [5.41, 5.74) is 3.47. The molecule has 2 aliphatic rings. The number of unbranched alkanes of at least 4 members (excludes halogenated alkanes) is 1. The molecule has 1 aliphatic carbocycles. The van der Waals surface area contributed by atoms with Crippen molar-refractivity contribution in [1.29, 1.82) is 0 Å². The fourth-order valence-corrected chi connectivity index (χ4v) is 8.34. The van der Waals surface area contributed by atoms with Crippen molar-refractivity contribution in [2.24, 2.45) is 0 Å². The van der Waals surface area contributed by atoms with E-state index in [1.807, 2.05) is 48.5 Å². The maximum atomic E-state index is 13.5. The van der Waals surface area contributed by atoms with E-state index in [4.69, 9.17) is 28.8 Å². The van der Waals surface area contributed by atoms with Crippen molar-refractivity contribution in [3.63, 3.8) is 0 Å². The van der Waals surface area contributed by atoms with E-state index < -0.39 is 71.5 Å². The first-order valence-corrected chi connectivity index (χ1v) is 20.8. The first-order chi connectivity index (χ1) is 28.6. The Labute approximate surface area is 352 Å². The third kappa shape index (κ3) is 14.4. The van der Waals surface area contributed by atoms with E-state index in [0.29, 0.717) is 18.6 Å². The summed E-state index contributed by atoms with van der Waals surface area (Å²) in [5.74, 6) is -4.59. The minimum absolute atomic E-state index is 0.0221. The Balaban J connectivity index is 1.35. The second kappa shape index (κ2) is 23.3. The van der Waals surface area contributed by atoms with Gasteiger partial charge in [0.2, 0.25) is 17.7 Å². The number of amides is 3. The number of ether oxygens (including phenoxy) is 5. The average molecular weight is 856 g/mol. The molecule has 0 spiro atoms. The summed E-state index contributed by atoms with van der Waals surface area (Å²) >= 11 is 1.26. The van der Waals surface area contributed by atoms with Gasteiger partial charge < -0.3 is 44.3 Å². The molecule has 3 amide bonds. The van der Waals surface area contributed by atoms with Gasteiger partial charge in [0, 0.05) is 66.1 Å². The summed E-state index contributed by atoms with van der Waals surface area (Å²) in [7, 11) is 0. The van der Waals surface area contributed by atoms with E-state index in [2.05, 4.69) is 10.6 Å². The lowest BCUT2D eigenvalue weighted by molar-refractivity contribution is -0.211. The maximum Gasteiger partial charge on any atom is 0.307 e. The standard InChI is InChI=1S/C42H53N3O14S/c1-25(46)44-39-41(58-28(4)49)40(57-27(3)48)34(24-55-26(2)47)59-42(39)60-22-10-9-15-36(51)45(21-19-43-35(50)16-17-37(52)53)20-18-38(54)56-23-33-31-13-7-5-11-29(31)30-12-6-8-14-32(30)33/h5-8,11-14,33-34,39-42H,9-10,15-24H2,1-4H3,(H,43,50)(H,44,46)(H,52,53)/t34-,39-,40+,41-,42+/m1/s1. The second-order valence-electron chi connectivity index (χ2n) is 14.3. The number of hydrogen-bond acceptors (Lipinski definition) is 14. The Morgan fingerprint density at radius 2 is 1.37 bits per heavy atom. The van der Waals surface area contributed by atoms with E-state index in [9.17, 15) is 38.4 Å². The quantitative estimate of drug-likeness (QED) is 0.0878. The minimum Gasteiger partial charge on any atom is -0.481 e. The molecule has 0 aromatic heterocycles. The molecule has 2 aromatic rings. The Kier molecular flexibility index (Phi) is 18.4. The second-order valence-corrected chi connectivity index (χ2v) is 15.5. The molecule has 1 fully saturated rings. The molecule has 0 saturated carbocycles. The molecule has 0 unspecified atom stereocenters. The van der Waals surface area contributed by atoms with E-state index in [1.165, 1.54) is 37.4 Å². The molecule has 60 heavy (non-hydrogen) atoms. The summed E-state index contributed by atoms with van der Waals surface area (Å²) < 4.78 is 28.1. The zero-order valence-corrected chi connectivity index (χ0v) is 35.0. The number of rotatable bonds is 22. The van der Waals surface area contributed by atoms with Gasteiger partial charge in [-0.15, -0.1) is 11.8 Å². The SMILES string of the molecule is CC(=O)N[C@@H]1[C@@H](OC(C)=O)[C@@H](OC(C)=O)[C@@H](COC(C)=O)O[C@H]1SCCCCC(=O)N(CCNC(=O)CCC(=O)O)CCC(=O)OCC1c2ccccc2-c2ccccc21. The average Bonchev–Trinajstić information content (AvgIpc) is 3.51. The van der Waals surface area contributed by atoms with Crippen molar-refractivity contribution in [2.75, 3.05) is 38.6 Å². The van der Waals surface area contributed by atoms with Gasteiger partial charge in [0.15, 0.2) is 12.2 Å². The Morgan fingerprint density at radius 1 is 0.733 bits per heavy atom. The van der Waals surface area contributed by atoms with Crippen molar-refractivity contribution in [2.45, 2.75) is 102 Å². The molecule has 3 N–H and O–H groups in total. The Bertz CT molecular complexity index is 1830. The van der Waals surface area contributed by atoms with E-state index in [0.717, 1.165) is 29.2 Å². The van der Waals surface area contributed by atoms with Crippen LogP contribution in [-0.4, -0.2) is 126 Å². The van der Waals surface area contributed by atoms with Crippen molar-refractivity contribution in [3.05, 3.63) is 59.7 Å². The minimum atomic E-state index is -1.21. The number of carboxylic acid groups (broad SMARTS) is 1. The number of hydrogen-bond donors (Lipinski definition) is 3. The van der Waals surface area contributed by atoms with Gasteiger partial charge >= 0.3 is 29.8 Å². The molecule has 4 rings (SSSR count). The molecule has 5 atom stereocenters. The lowest BCUT2D eigenvalue weighted by atomic mass is 9.97. The lowest BCUT2D eigenvalue weighted by Gasteiger charge is -2.45. The zero-order valence-electron chi connectivity index (χ0n) is 34.2. The zero-order chi connectivity index (χ0) is 43.8. The first kappa shape index (κ1) is 47.2. The fourth-order valence-electron chi connectivity index (χ4n) is 7.08. The van der Waals surface area contributed by atoms with Gasteiger partial charge in [-0.3, -0.25) is 38.4 Å². The van der Waals surface area contributed by atoms with Gasteiger partial charge in [-0.1, -0.05) is 48.5 Å². The van der Waals surface area contributed by atoms with Gasteiger partial charge in [-0.25, -0.2) is 0 Å². The van der Waals surface area contributed by atoms with Crippen LogP contribution in [0.4, 0.5) is 0 Å². The number of nitrogens with zero attached hydrogens (tertiary/aromatic N) is 1. The van der Waals surface area contributed by atoms with Crippen LogP contribution in [0.3, 0.4) is 0 Å². The highest BCUT2D eigenvalue weighted by atomic mass is 32.2. The number of aliphatic carboxylic acids is 1. The molecule has 1 heterocycles. The smallest absolute Gasteiger partial charge is 0.307 e. The predicted octanol–water partition coefficient (Wildman–Crippen LogP) is 3.10. The van der Waals surface area contributed by atoms with Crippen LogP contribution in [0, 0.1) is 0 Å². The Morgan fingerprint density at radius 3 is 1.97 bits per heavy atom. The van der Waals surface area contributed by atoms with Crippen LogP contribution < -0.4 is 10.6 Å². The molecule has 2 aromatic carbocycles. The van der Waals surface area contributed by atoms with Gasteiger partial charge in [0.05, 0.1) is 12.8 Å². The molecular formula is C42H53N3O14S. The molecule has 0 bridgehead atoms. The molecular weight excluding hydrogens is 803 g/mol. The van der Waals surface area contributed by atoms with Crippen LogP contribution in [0.1, 0.15) is 83.3 Å². The van der Waals surface area contributed by atoms with Crippen LogP contribution in [-0.2, 0) is 62.0 Å². The highest BCUT2D eigenvalue weighted by molar-refractivity contribution is 7.99. The van der Waals surface area contributed by atoms with Crippen LogP contribution >= 0.6 is 11.8 Å². The van der Waals surface area contributed by atoms with Gasteiger partial charge in [0.1, 0.15) is 30.8 Å². The third-order valence-corrected chi connectivity index (χ3v) is 11.0. The predicted molar refractivity (Wildman–Crippen MR) is 216 cm³/mol. The van der Waals surface area contributed by atoms with Crippen LogP contribution in [0.5, 0.6) is 0 Å². The third-order valence-electron chi connectivity index (χ3n) is 9.72. The number of carbonyl (C=O) groups excluding carboxylic acids is 7. The molecule has 326 valence electrons. The summed E-state index contributed by atoms with van der Waals surface area (Å²) in [6.45, 7) is 4.73. The number of fused-ring (bicyclic) bond motifs is 3. The van der Waals surface area contributed by atoms with Crippen LogP contribution in [0.15, 0.2) is 48.5 Å². The summed E-state index contributed by atoms with van der Waals surface area (Å²) in [6.07, 6.45) is -3.12. The van der Waals surface area contributed by atoms with Crippen molar-refractivity contribution >= 4 is 59.3 Å². The normalized spacial score (nSPS) is 19.2. The topological polar surface area (TPSA) is 230 Å². The number of esters is 4. The number of nitrogens with one attached hydrogen (secondary N) is 2. The summed E-state index contributed by atoms with van der Waals surface area (Å²) in [6, 6.07) is 15.0. The van der Waals surface area contributed by atoms with Crippen LogP contribution in [0.2, 0.25) is 0 Å². The van der Waals surface area contributed by atoms with E-state index in [1.54, 1.807) is 0 Å². The summed E-state index contributed by atoms with van der Waals surface area (Å²) in [5, 5.41) is 14.3. The van der Waals surface area contributed by atoms with Crippen molar-refractivity contribution in [1.82, 2.24) is 15.5 Å². The number of carbonyl (C=O) groups is 8. The molecule has 1 saturated heterocycles. The highest BCUT2D eigenvalue weighted by Gasteiger charge is 2.50. The monoisotopic (exact) mass is 855 g/mol. The van der Waals surface area contributed by atoms with E-state index in [-0.39, 0.29) is 70.4 Å². The number of carboxylic acids is 1. The van der Waals surface area contributed by atoms with Crippen molar-refractivity contribution < 1.29 is 67.1 Å². The van der Waals surface area contributed by atoms with Crippen molar-refractivity contribution in [3.8, 4) is 11.1 Å². The molecule has 17 nitrogen and oxygen atoms in total. The largest absolute Gasteiger partial charge is 0.481 e. The van der Waals surface area contributed by atoms with Crippen LogP contribution in [0.25, 0.3) is 11.1 Å². The van der Waals surface area contributed by atoms with Gasteiger partial charge in [-0.2, -0.15) is 0 Å². The maximum absolute atomic E-state index is 13.5. The molecule has 18 heteroatoms. The van der Waals surface area contributed by atoms with Gasteiger partial charge in [-0.05, 0) is 40.8 Å². The first-order valence-electron chi connectivity index (χ1n) is 19.8.